The van der Waals surface area contributed by atoms with Gasteiger partial charge < -0.3 is 10.4 Å². The fourth-order valence-electron chi connectivity index (χ4n) is 1.79. The number of pyridine rings is 1. The van der Waals surface area contributed by atoms with Gasteiger partial charge in [0, 0.05) is 29.1 Å². The van der Waals surface area contributed by atoms with E-state index in [4.69, 9.17) is 0 Å². The molecule has 1 heterocycles. The number of halogens is 1. The van der Waals surface area contributed by atoms with Crippen LogP contribution in [0.5, 0.6) is 0 Å². The number of fused-ring (bicyclic) bond motifs is 1. The summed E-state index contributed by atoms with van der Waals surface area (Å²) in [5.41, 5.74) is 2.15. The molecule has 4 heteroatoms. The summed E-state index contributed by atoms with van der Waals surface area (Å²) in [5, 5.41) is 13.9. The first-order valence-electron chi connectivity index (χ1n) is 6.12. The van der Waals surface area contributed by atoms with E-state index < -0.39 is 0 Å². The normalized spacial score (nSPS) is 12.8. The first-order chi connectivity index (χ1) is 8.70. The number of aliphatic hydroxyl groups is 1. The molecule has 2 rings (SSSR count). The Morgan fingerprint density at radius 2 is 2.28 bits per heavy atom. The zero-order valence-electron chi connectivity index (χ0n) is 10.4. The molecule has 18 heavy (non-hydrogen) atoms. The monoisotopic (exact) mass is 308 g/mol. The molecule has 0 bridgehead atoms. The molecule has 0 fully saturated rings. The molecule has 0 amide bonds. The molecule has 0 aliphatic heterocycles. The van der Waals surface area contributed by atoms with E-state index in [9.17, 15) is 5.11 Å². The fourth-order valence-corrected chi connectivity index (χ4v) is 2.29. The molecule has 0 saturated carbocycles. The number of nitrogens with zero attached hydrogens (tertiary/aromatic N) is 1. The third kappa shape index (κ3) is 3.28. The summed E-state index contributed by atoms with van der Waals surface area (Å²) in [6.07, 6.45) is 2.30. The SMILES string of the molecule is CCC(O)CNCc1cc2ncccc2cc1Br. The molecule has 1 aromatic heterocycles. The largest absolute Gasteiger partial charge is 0.392 e. The van der Waals surface area contributed by atoms with Gasteiger partial charge in [-0.2, -0.15) is 0 Å². The number of nitrogens with one attached hydrogen (secondary N) is 1. The highest BCUT2D eigenvalue weighted by molar-refractivity contribution is 9.10. The first kappa shape index (κ1) is 13.5. The molecule has 0 spiro atoms. The van der Waals surface area contributed by atoms with Crippen LogP contribution in [-0.2, 0) is 6.54 Å². The Morgan fingerprint density at radius 3 is 3.06 bits per heavy atom. The molecule has 1 aromatic carbocycles. The van der Waals surface area contributed by atoms with Crippen LogP contribution in [0.3, 0.4) is 0 Å². The maximum absolute atomic E-state index is 9.49. The van der Waals surface area contributed by atoms with Crippen molar-refractivity contribution in [3.8, 4) is 0 Å². The second kappa shape index (κ2) is 6.27. The lowest BCUT2D eigenvalue weighted by Crippen LogP contribution is -2.25. The Kier molecular flexibility index (Phi) is 4.69. The second-order valence-corrected chi connectivity index (χ2v) is 5.19. The Morgan fingerprint density at radius 1 is 1.44 bits per heavy atom. The second-order valence-electron chi connectivity index (χ2n) is 4.33. The Bertz CT molecular complexity index is 530. The highest BCUT2D eigenvalue weighted by atomic mass is 79.9. The van der Waals surface area contributed by atoms with Crippen molar-refractivity contribution >= 4 is 26.8 Å². The van der Waals surface area contributed by atoms with E-state index >= 15 is 0 Å². The molecule has 2 N–H and O–H groups in total. The van der Waals surface area contributed by atoms with Gasteiger partial charge in [0.2, 0.25) is 0 Å². The number of hydrogen-bond donors (Lipinski definition) is 2. The number of hydrogen-bond acceptors (Lipinski definition) is 3. The third-order valence-electron chi connectivity index (χ3n) is 2.94. The standard InChI is InChI=1S/C14H17BrN2O/c1-2-12(18)9-16-8-11-7-14-10(6-13(11)15)4-3-5-17-14/h3-7,12,16,18H,2,8-9H2,1H3. The van der Waals surface area contributed by atoms with Crippen molar-refractivity contribution in [3.63, 3.8) is 0 Å². The predicted molar refractivity (Wildman–Crippen MR) is 77.4 cm³/mol. The van der Waals surface area contributed by atoms with Crippen LogP contribution in [0.1, 0.15) is 18.9 Å². The van der Waals surface area contributed by atoms with Crippen LogP contribution in [0.4, 0.5) is 0 Å². The van der Waals surface area contributed by atoms with Crippen molar-refractivity contribution in [1.82, 2.24) is 10.3 Å². The van der Waals surface area contributed by atoms with Gasteiger partial charge in [-0.05, 0) is 30.2 Å². The minimum Gasteiger partial charge on any atom is -0.392 e. The van der Waals surface area contributed by atoms with Crippen LogP contribution in [0.25, 0.3) is 10.9 Å². The minimum absolute atomic E-state index is 0.276. The van der Waals surface area contributed by atoms with Crippen LogP contribution in [0.2, 0.25) is 0 Å². The van der Waals surface area contributed by atoms with Crippen molar-refractivity contribution in [2.45, 2.75) is 26.0 Å². The van der Waals surface area contributed by atoms with E-state index in [1.165, 1.54) is 0 Å². The lowest BCUT2D eigenvalue weighted by atomic mass is 10.1. The smallest absolute Gasteiger partial charge is 0.0705 e. The Hall–Kier alpha value is -0.970. The van der Waals surface area contributed by atoms with E-state index in [2.05, 4.69) is 38.4 Å². The Labute approximate surface area is 115 Å². The van der Waals surface area contributed by atoms with Gasteiger partial charge in [0.15, 0.2) is 0 Å². The van der Waals surface area contributed by atoms with E-state index in [0.717, 1.165) is 33.9 Å². The molecule has 0 aliphatic carbocycles. The predicted octanol–water partition coefficient (Wildman–Crippen LogP) is 2.86. The number of aliphatic hydroxyl groups excluding tert-OH is 1. The lowest BCUT2D eigenvalue weighted by Gasteiger charge is -2.11. The summed E-state index contributed by atoms with van der Waals surface area (Å²) >= 11 is 3.57. The lowest BCUT2D eigenvalue weighted by molar-refractivity contribution is 0.167. The van der Waals surface area contributed by atoms with Gasteiger partial charge in [-0.15, -0.1) is 0 Å². The fraction of sp³-hybridized carbons (Fsp3) is 0.357. The van der Waals surface area contributed by atoms with Gasteiger partial charge in [0.1, 0.15) is 0 Å². The van der Waals surface area contributed by atoms with E-state index in [1.807, 2.05) is 19.1 Å². The molecular weight excluding hydrogens is 292 g/mol. The highest BCUT2D eigenvalue weighted by Gasteiger charge is 2.05. The highest BCUT2D eigenvalue weighted by Crippen LogP contribution is 2.23. The third-order valence-corrected chi connectivity index (χ3v) is 3.68. The van der Waals surface area contributed by atoms with Crippen molar-refractivity contribution in [1.29, 1.82) is 0 Å². The quantitative estimate of drug-likeness (QED) is 0.893. The van der Waals surface area contributed by atoms with Crippen molar-refractivity contribution < 1.29 is 5.11 Å². The maximum atomic E-state index is 9.49. The van der Waals surface area contributed by atoms with Gasteiger partial charge in [0.05, 0.1) is 11.6 Å². The van der Waals surface area contributed by atoms with Crippen LogP contribution in [0.15, 0.2) is 34.9 Å². The maximum Gasteiger partial charge on any atom is 0.0705 e. The van der Waals surface area contributed by atoms with Crippen LogP contribution >= 0.6 is 15.9 Å². The van der Waals surface area contributed by atoms with Gasteiger partial charge >= 0.3 is 0 Å². The summed E-state index contributed by atoms with van der Waals surface area (Å²) in [5.74, 6) is 0. The zero-order valence-corrected chi connectivity index (χ0v) is 11.9. The number of aromatic nitrogens is 1. The molecule has 0 saturated heterocycles. The number of rotatable bonds is 5. The average molecular weight is 309 g/mol. The van der Waals surface area contributed by atoms with E-state index in [0.29, 0.717) is 6.54 Å². The van der Waals surface area contributed by atoms with Crippen LogP contribution in [0, 0.1) is 0 Å². The van der Waals surface area contributed by atoms with E-state index in [1.54, 1.807) is 6.20 Å². The molecular formula is C14H17BrN2O. The molecule has 0 aliphatic rings. The van der Waals surface area contributed by atoms with Crippen LogP contribution in [-0.4, -0.2) is 22.7 Å². The number of benzene rings is 1. The van der Waals surface area contributed by atoms with Crippen LogP contribution < -0.4 is 5.32 Å². The summed E-state index contributed by atoms with van der Waals surface area (Å²) in [6, 6.07) is 8.13. The molecule has 2 aromatic rings. The minimum atomic E-state index is -0.276. The van der Waals surface area contributed by atoms with Crippen molar-refractivity contribution in [2.75, 3.05) is 6.54 Å². The summed E-state index contributed by atoms with van der Waals surface area (Å²) in [6.45, 7) is 3.32. The van der Waals surface area contributed by atoms with Gasteiger partial charge in [-0.1, -0.05) is 28.9 Å². The van der Waals surface area contributed by atoms with E-state index in [-0.39, 0.29) is 6.10 Å². The molecule has 1 atom stereocenters. The van der Waals surface area contributed by atoms with Gasteiger partial charge in [-0.25, -0.2) is 0 Å². The van der Waals surface area contributed by atoms with Crippen molar-refractivity contribution in [2.24, 2.45) is 0 Å². The summed E-state index contributed by atoms with van der Waals surface area (Å²) < 4.78 is 1.07. The average Bonchev–Trinajstić information content (AvgIpc) is 2.39. The summed E-state index contributed by atoms with van der Waals surface area (Å²) in [7, 11) is 0. The molecule has 96 valence electrons. The zero-order chi connectivity index (χ0) is 13.0. The molecule has 1 unspecified atom stereocenters. The van der Waals surface area contributed by atoms with Gasteiger partial charge in [-0.3, -0.25) is 4.98 Å². The molecule has 0 radical (unpaired) electrons. The van der Waals surface area contributed by atoms with Crippen molar-refractivity contribution in [3.05, 3.63) is 40.5 Å². The Balaban J connectivity index is 2.10. The first-order valence-corrected chi connectivity index (χ1v) is 6.92. The summed E-state index contributed by atoms with van der Waals surface area (Å²) in [4.78, 5) is 4.34. The van der Waals surface area contributed by atoms with Gasteiger partial charge in [0.25, 0.3) is 0 Å². The topological polar surface area (TPSA) is 45.1 Å². The molecule has 3 nitrogen and oxygen atoms in total.